The van der Waals surface area contributed by atoms with Crippen molar-refractivity contribution in [1.82, 2.24) is 0 Å². The van der Waals surface area contributed by atoms with Crippen molar-refractivity contribution in [3.8, 4) is 0 Å². The molecule has 2 spiro atoms. The SMILES string of the molecule is CC[C@H]1O[C@]2(CC[C@@H]1C)C[C@@H]1C[C@@H](C[C@@H]3O[C@@]3(C)C[C@@H](C)/C=C/[C@@H]3O[C@]34CO[C@@H]3[C@H](O)[C@]5(C)O[C@@H]5[C@@H](C(=O)O1)[C@@]34O)O2. The average molecular weight is 591 g/mol. The maximum atomic E-state index is 14.3. The van der Waals surface area contributed by atoms with Gasteiger partial charge in [0.05, 0.1) is 30.5 Å². The minimum atomic E-state index is -1.80. The Morgan fingerprint density at radius 3 is 2.57 bits per heavy atom. The van der Waals surface area contributed by atoms with Gasteiger partial charge in [-0.3, -0.25) is 4.79 Å². The lowest BCUT2D eigenvalue weighted by molar-refractivity contribution is -0.336. The molecule has 7 heterocycles. The summed E-state index contributed by atoms with van der Waals surface area (Å²) in [6.07, 6.45) is 5.34. The number of aliphatic hydroxyl groups is 2. The number of aliphatic hydroxyl groups excluding tert-OH is 1. The van der Waals surface area contributed by atoms with E-state index in [9.17, 15) is 15.0 Å². The van der Waals surface area contributed by atoms with E-state index < -0.39 is 65.0 Å². The van der Waals surface area contributed by atoms with E-state index in [0.29, 0.717) is 25.2 Å². The maximum Gasteiger partial charge on any atom is 0.315 e. The molecule has 234 valence electrons. The molecule has 2 bridgehead atoms. The van der Waals surface area contributed by atoms with Crippen molar-refractivity contribution in [1.29, 1.82) is 0 Å². The van der Waals surface area contributed by atoms with Gasteiger partial charge >= 0.3 is 5.97 Å². The van der Waals surface area contributed by atoms with Crippen LogP contribution in [0.4, 0.5) is 0 Å². The Bertz CT molecular complexity index is 1180. The molecule has 7 aliphatic heterocycles. The molecule has 0 radical (unpaired) electrons. The molecule has 1 saturated carbocycles. The molecule has 42 heavy (non-hydrogen) atoms. The van der Waals surface area contributed by atoms with Crippen LogP contribution in [-0.4, -0.2) is 99.8 Å². The zero-order valence-corrected chi connectivity index (χ0v) is 25.3. The molecular weight excluding hydrogens is 544 g/mol. The highest BCUT2D eigenvalue weighted by molar-refractivity contribution is 5.77. The van der Waals surface area contributed by atoms with E-state index in [4.69, 9.17) is 33.2 Å². The molecule has 8 aliphatic rings. The van der Waals surface area contributed by atoms with E-state index >= 15 is 0 Å². The standard InChI is InChI=1S/C32H46O10/c1-6-20-17(3)9-10-30(39-20)14-19-11-18(38-30)12-22-28(4,40-22)13-16(2)7-8-21-31(41-21)15-36-26-24(33)29(5)25(42-29)23(27(34)37-19)32(26,31)35/h7-8,16-26,33,35H,6,9-15H2,1-5H3/b8-7+/t16-,17-,18-,19-,20+,21-,22-,23-,24-,25+,26+,28-,29-,30+,31+,32+/m0/s1. The fourth-order valence-corrected chi connectivity index (χ4v) is 9.41. The van der Waals surface area contributed by atoms with Crippen molar-refractivity contribution in [2.24, 2.45) is 17.8 Å². The third-order valence-corrected chi connectivity index (χ3v) is 12.1. The van der Waals surface area contributed by atoms with Crippen LogP contribution < -0.4 is 0 Å². The van der Waals surface area contributed by atoms with Crippen LogP contribution in [0.15, 0.2) is 12.2 Å². The van der Waals surface area contributed by atoms with Crippen molar-refractivity contribution in [2.45, 2.75) is 157 Å². The van der Waals surface area contributed by atoms with Crippen LogP contribution in [0.25, 0.3) is 0 Å². The predicted molar refractivity (Wildman–Crippen MR) is 146 cm³/mol. The van der Waals surface area contributed by atoms with E-state index in [1.807, 2.05) is 6.08 Å². The van der Waals surface area contributed by atoms with Gasteiger partial charge in [-0.25, -0.2) is 0 Å². The molecule has 16 atom stereocenters. The molecule has 6 saturated heterocycles. The Kier molecular flexibility index (Phi) is 6.08. The summed E-state index contributed by atoms with van der Waals surface area (Å²) in [6, 6.07) is 0. The van der Waals surface area contributed by atoms with Crippen LogP contribution in [0.2, 0.25) is 0 Å². The molecule has 1 aliphatic carbocycles. The van der Waals surface area contributed by atoms with Crippen molar-refractivity contribution in [3.05, 3.63) is 12.2 Å². The number of epoxide rings is 3. The van der Waals surface area contributed by atoms with Crippen LogP contribution in [0.5, 0.6) is 0 Å². The van der Waals surface area contributed by atoms with Gasteiger partial charge in [-0.05, 0) is 44.9 Å². The summed E-state index contributed by atoms with van der Waals surface area (Å²) < 4.78 is 44.3. The summed E-state index contributed by atoms with van der Waals surface area (Å²) in [5.41, 5.74) is -4.21. The highest BCUT2D eigenvalue weighted by Crippen LogP contribution is 2.66. The molecule has 0 aromatic rings. The lowest BCUT2D eigenvalue weighted by atomic mass is 9.63. The molecule has 10 nitrogen and oxygen atoms in total. The van der Waals surface area contributed by atoms with E-state index in [1.165, 1.54) is 0 Å². The van der Waals surface area contributed by atoms with Crippen LogP contribution in [0.1, 0.15) is 79.6 Å². The van der Waals surface area contributed by atoms with E-state index in [2.05, 4.69) is 33.8 Å². The zero-order chi connectivity index (χ0) is 29.4. The van der Waals surface area contributed by atoms with Crippen molar-refractivity contribution in [3.63, 3.8) is 0 Å². The highest BCUT2D eigenvalue weighted by Gasteiger charge is 2.87. The third-order valence-electron chi connectivity index (χ3n) is 12.1. The molecule has 0 aromatic heterocycles. The number of carbonyl (C=O) groups excluding carboxylic acids is 1. The predicted octanol–water partition coefficient (Wildman–Crippen LogP) is 2.56. The highest BCUT2D eigenvalue weighted by atomic mass is 16.7. The first-order valence-electron chi connectivity index (χ1n) is 16.2. The Hall–Kier alpha value is -1.11. The van der Waals surface area contributed by atoms with Crippen molar-refractivity contribution >= 4 is 5.97 Å². The lowest BCUT2D eigenvalue weighted by Gasteiger charge is -2.50. The third kappa shape index (κ3) is 3.88. The molecule has 0 amide bonds. The Morgan fingerprint density at radius 1 is 0.976 bits per heavy atom. The molecule has 10 heteroatoms. The summed E-state index contributed by atoms with van der Waals surface area (Å²) in [5.74, 6) is -1.81. The number of esters is 1. The second kappa shape index (κ2) is 9.00. The number of rotatable bonds is 1. The summed E-state index contributed by atoms with van der Waals surface area (Å²) >= 11 is 0. The molecule has 0 aromatic carbocycles. The minimum Gasteiger partial charge on any atom is -0.462 e. The molecule has 2 N–H and O–H groups in total. The molecule has 7 fully saturated rings. The fraction of sp³-hybridized carbons (Fsp3) is 0.906. The van der Waals surface area contributed by atoms with Crippen LogP contribution in [-0.2, 0) is 38.0 Å². The van der Waals surface area contributed by atoms with Gasteiger partial charge in [0, 0.05) is 25.7 Å². The number of ether oxygens (including phenoxy) is 7. The van der Waals surface area contributed by atoms with E-state index in [1.54, 1.807) is 6.92 Å². The van der Waals surface area contributed by atoms with Gasteiger partial charge in [0.15, 0.2) is 11.4 Å². The van der Waals surface area contributed by atoms with Gasteiger partial charge in [-0.2, -0.15) is 0 Å². The molecular formula is C32H46O10. The number of fused-ring (bicyclic) bond motifs is 5. The van der Waals surface area contributed by atoms with E-state index in [-0.39, 0.29) is 36.4 Å². The normalized spacial score (nSPS) is 62.2. The monoisotopic (exact) mass is 590 g/mol. The fourth-order valence-electron chi connectivity index (χ4n) is 9.41. The Labute approximate surface area is 247 Å². The Balaban J connectivity index is 1.15. The van der Waals surface area contributed by atoms with Crippen LogP contribution in [0.3, 0.4) is 0 Å². The van der Waals surface area contributed by atoms with Gasteiger partial charge in [-0.15, -0.1) is 0 Å². The second-order valence-electron chi connectivity index (χ2n) is 15.1. The largest absolute Gasteiger partial charge is 0.462 e. The summed E-state index contributed by atoms with van der Waals surface area (Å²) in [7, 11) is 0. The van der Waals surface area contributed by atoms with Gasteiger partial charge in [0.25, 0.3) is 0 Å². The number of allylic oxidation sites excluding steroid dienone is 1. The zero-order valence-electron chi connectivity index (χ0n) is 25.3. The van der Waals surface area contributed by atoms with Gasteiger partial charge < -0.3 is 43.4 Å². The first-order valence-corrected chi connectivity index (χ1v) is 16.2. The summed E-state index contributed by atoms with van der Waals surface area (Å²) in [5, 5.41) is 23.7. The summed E-state index contributed by atoms with van der Waals surface area (Å²) in [4.78, 5) is 14.3. The Morgan fingerprint density at radius 2 is 1.79 bits per heavy atom. The van der Waals surface area contributed by atoms with Crippen molar-refractivity contribution in [2.75, 3.05) is 6.61 Å². The maximum absolute atomic E-state index is 14.3. The van der Waals surface area contributed by atoms with Crippen LogP contribution >= 0.6 is 0 Å². The van der Waals surface area contributed by atoms with E-state index in [0.717, 1.165) is 25.7 Å². The number of hydrogen-bond donors (Lipinski definition) is 2. The quantitative estimate of drug-likeness (QED) is 0.267. The smallest absolute Gasteiger partial charge is 0.315 e. The summed E-state index contributed by atoms with van der Waals surface area (Å²) in [6.45, 7) is 10.5. The number of carbonyl (C=O) groups is 1. The first kappa shape index (κ1) is 28.4. The number of hydrogen-bond acceptors (Lipinski definition) is 10. The second-order valence-corrected chi connectivity index (χ2v) is 15.1. The topological polar surface area (TPSA) is 132 Å². The first-order chi connectivity index (χ1) is 19.9. The van der Waals surface area contributed by atoms with Crippen LogP contribution in [0, 0.1) is 17.8 Å². The average Bonchev–Trinajstić information content (AvgIpc) is 3.86. The lowest BCUT2D eigenvalue weighted by Crippen LogP contribution is -2.69. The van der Waals surface area contributed by atoms with Gasteiger partial charge in [0.1, 0.15) is 47.6 Å². The molecule has 8 rings (SSSR count). The molecule has 0 unspecified atom stereocenters. The van der Waals surface area contributed by atoms with Gasteiger partial charge in [0.2, 0.25) is 0 Å². The van der Waals surface area contributed by atoms with Gasteiger partial charge in [-0.1, -0.05) is 32.9 Å². The minimum absolute atomic E-state index is 0.0558. The van der Waals surface area contributed by atoms with Crippen molar-refractivity contribution < 1.29 is 48.2 Å².